The summed E-state index contributed by atoms with van der Waals surface area (Å²) in [5.41, 5.74) is -0.0291. The Morgan fingerprint density at radius 3 is 2.78 bits per heavy atom. The zero-order valence-corrected chi connectivity index (χ0v) is 11.3. The van der Waals surface area contributed by atoms with Crippen molar-refractivity contribution in [1.29, 1.82) is 0 Å². The molecule has 1 unspecified atom stereocenters. The number of hydrogen-bond acceptors (Lipinski definition) is 5. The Kier molecular flexibility index (Phi) is 5.72. The maximum absolute atomic E-state index is 11.3. The topological polar surface area (TPSA) is 108 Å². The molecule has 7 nitrogen and oxygen atoms in total. The summed E-state index contributed by atoms with van der Waals surface area (Å²) in [6, 6.07) is -0.396. The molecule has 2 amide bonds. The first-order valence-electron chi connectivity index (χ1n) is 4.98. The number of carbonyl (C=O) groups excluding carboxylic acids is 1. The van der Waals surface area contributed by atoms with Gasteiger partial charge in [-0.15, -0.1) is 11.3 Å². The van der Waals surface area contributed by atoms with Gasteiger partial charge in [-0.05, 0) is 0 Å². The highest BCUT2D eigenvalue weighted by Gasteiger charge is 2.09. The molecule has 0 aromatic carbocycles. The fraction of sp³-hybridized carbons (Fsp3) is 0.444. The summed E-state index contributed by atoms with van der Waals surface area (Å²) in [5, 5.41) is 15.7. The minimum atomic E-state index is -1.09. The van der Waals surface area contributed by atoms with E-state index in [0.717, 1.165) is 0 Å². The van der Waals surface area contributed by atoms with Crippen LogP contribution in [0.4, 0.5) is 4.79 Å². The third-order valence-electron chi connectivity index (χ3n) is 1.85. The van der Waals surface area contributed by atoms with E-state index in [1.54, 1.807) is 6.26 Å². The van der Waals surface area contributed by atoms with Gasteiger partial charge < -0.3 is 15.7 Å². The van der Waals surface area contributed by atoms with Crippen molar-refractivity contribution in [3.63, 3.8) is 0 Å². The summed E-state index contributed by atoms with van der Waals surface area (Å²) in [6.07, 6.45) is 1.56. The maximum Gasteiger partial charge on any atom is 0.355 e. The van der Waals surface area contributed by atoms with Gasteiger partial charge in [0.1, 0.15) is 5.01 Å². The summed E-state index contributed by atoms with van der Waals surface area (Å²) in [7, 11) is -0.942. The van der Waals surface area contributed by atoms with Crippen molar-refractivity contribution in [3.05, 3.63) is 16.1 Å². The van der Waals surface area contributed by atoms with Gasteiger partial charge in [-0.2, -0.15) is 0 Å². The van der Waals surface area contributed by atoms with Crippen molar-refractivity contribution >= 4 is 34.1 Å². The Labute approximate surface area is 110 Å². The van der Waals surface area contributed by atoms with E-state index in [1.165, 1.54) is 16.7 Å². The van der Waals surface area contributed by atoms with Crippen molar-refractivity contribution in [2.75, 3.05) is 18.6 Å². The average molecular weight is 291 g/mol. The molecule has 18 heavy (non-hydrogen) atoms. The summed E-state index contributed by atoms with van der Waals surface area (Å²) in [5.74, 6) is -0.694. The van der Waals surface area contributed by atoms with Crippen LogP contribution in [-0.2, 0) is 17.3 Å². The second-order valence-electron chi connectivity index (χ2n) is 3.32. The molecule has 1 rings (SSSR count). The summed E-state index contributed by atoms with van der Waals surface area (Å²) >= 11 is 1.17. The van der Waals surface area contributed by atoms with E-state index in [2.05, 4.69) is 15.6 Å². The fourth-order valence-electron chi connectivity index (χ4n) is 1.02. The van der Waals surface area contributed by atoms with Crippen LogP contribution in [0.2, 0.25) is 0 Å². The molecule has 0 bridgehead atoms. The molecule has 0 aliphatic heterocycles. The highest BCUT2D eigenvalue weighted by molar-refractivity contribution is 7.84. The number of nitrogens with zero attached hydrogens (tertiary/aromatic N) is 1. The standard InChI is InChI=1S/C9H13N3O4S2/c1-18(16)3-2-10-9(15)11-4-7-12-6(5-17-7)8(13)14/h5H,2-4H2,1H3,(H,13,14)(H2,10,11,15). The van der Waals surface area contributed by atoms with Crippen molar-refractivity contribution in [2.45, 2.75) is 6.54 Å². The molecule has 0 fully saturated rings. The lowest BCUT2D eigenvalue weighted by Gasteiger charge is -2.04. The van der Waals surface area contributed by atoms with E-state index in [9.17, 15) is 13.8 Å². The molecule has 0 saturated heterocycles. The fourth-order valence-corrected chi connectivity index (χ4v) is 2.11. The molecule has 1 aromatic rings. The third-order valence-corrected chi connectivity index (χ3v) is 3.47. The molecule has 9 heteroatoms. The highest BCUT2D eigenvalue weighted by atomic mass is 32.2. The molecule has 1 aromatic heterocycles. The first kappa shape index (κ1) is 14.6. The normalized spacial score (nSPS) is 11.8. The van der Waals surface area contributed by atoms with Crippen molar-refractivity contribution in [1.82, 2.24) is 15.6 Å². The first-order valence-corrected chi connectivity index (χ1v) is 7.59. The van der Waals surface area contributed by atoms with Gasteiger partial charge in [0, 0.05) is 34.7 Å². The summed E-state index contributed by atoms with van der Waals surface area (Å²) in [6.45, 7) is 0.492. The number of amides is 2. The summed E-state index contributed by atoms with van der Waals surface area (Å²) < 4.78 is 10.7. The van der Waals surface area contributed by atoms with Crippen LogP contribution in [0.3, 0.4) is 0 Å². The second-order valence-corrected chi connectivity index (χ2v) is 5.82. The number of nitrogens with one attached hydrogen (secondary N) is 2. The molecule has 0 aliphatic carbocycles. The number of rotatable bonds is 6. The van der Waals surface area contributed by atoms with Crippen molar-refractivity contribution in [3.8, 4) is 0 Å². The molecule has 3 N–H and O–H groups in total. The van der Waals surface area contributed by atoms with Crippen LogP contribution >= 0.6 is 11.3 Å². The molecule has 0 spiro atoms. The van der Waals surface area contributed by atoms with Crippen LogP contribution in [0.15, 0.2) is 5.38 Å². The third kappa shape index (κ3) is 5.23. The SMILES string of the molecule is CS(=O)CCNC(=O)NCc1nc(C(=O)O)cs1. The molecule has 1 heterocycles. The minimum Gasteiger partial charge on any atom is -0.476 e. The Morgan fingerprint density at radius 2 is 2.22 bits per heavy atom. The van der Waals surface area contributed by atoms with Gasteiger partial charge in [-0.1, -0.05) is 0 Å². The number of carboxylic acid groups (broad SMARTS) is 1. The molecular weight excluding hydrogens is 278 g/mol. The highest BCUT2D eigenvalue weighted by Crippen LogP contribution is 2.08. The van der Waals surface area contributed by atoms with Crippen LogP contribution in [0.5, 0.6) is 0 Å². The van der Waals surface area contributed by atoms with Crippen molar-refractivity contribution < 1.29 is 18.9 Å². The van der Waals surface area contributed by atoms with Crippen LogP contribution in [-0.4, -0.2) is 44.9 Å². The van der Waals surface area contributed by atoms with Crippen molar-refractivity contribution in [2.24, 2.45) is 0 Å². The number of hydrogen-bond donors (Lipinski definition) is 3. The number of carbonyl (C=O) groups is 2. The zero-order valence-electron chi connectivity index (χ0n) is 9.63. The van der Waals surface area contributed by atoms with E-state index in [0.29, 0.717) is 17.3 Å². The minimum absolute atomic E-state index is 0.0291. The predicted octanol–water partition coefficient (Wildman–Crippen LogP) is 0.0190. The number of aromatic nitrogens is 1. The molecule has 100 valence electrons. The molecule has 0 saturated carbocycles. The van der Waals surface area contributed by atoms with E-state index in [4.69, 9.17) is 5.11 Å². The van der Waals surface area contributed by atoms with Crippen LogP contribution in [0, 0.1) is 0 Å². The smallest absolute Gasteiger partial charge is 0.355 e. The maximum atomic E-state index is 11.3. The zero-order chi connectivity index (χ0) is 13.5. The van der Waals surface area contributed by atoms with Crippen LogP contribution in [0.1, 0.15) is 15.5 Å². The Hall–Kier alpha value is -1.48. The number of aromatic carboxylic acids is 1. The Morgan fingerprint density at radius 1 is 1.50 bits per heavy atom. The Balaban J connectivity index is 2.29. The molecular formula is C9H13N3O4S2. The largest absolute Gasteiger partial charge is 0.476 e. The van der Waals surface area contributed by atoms with E-state index in [1.807, 2.05) is 0 Å². The molecule has 0 radical (unpaired) electrons. The van der Waals surface area contributed by atoms with Gasteiger partial charge >= 0.3 is 12.0 Å². The van der Waals surface area contributed by atoms with Gasteiger partial charge in [0.25, 0.3) is 0 Å². The van der Waals surface area contributed by atoms with Crippen LogP contribution < -0.4 is 10.6 Å². The lowest BCUT2D eigenvalue weighted by Crippen LogP contribution is -2.37. The summed E-state index contributed by atoms with van der Waals surface area (Å²) in [4.78, 5) is 25.7. The molecule has 1 atom stereocenters. The van der Waals surface area contributed by atoms with E-state index in [-0.39, 0.29) is 12.2 Å². The second kappa shape index (κ2) is 7.07. The first-order chi connectivity index (χ1) is 8.49. The van der Waals surface area contributed by atoms with Gasteiger partial charge in [-0.25, -0.2) is 14.6 Å². The lowest BCUT2D eigenvalue weighted by atomic mass is 10.5. The molecule has 0 aliphatic rings. The van der Waals surface area contributed by atoms with Gasteiger partial charge in [0.05, 0.1) is 6.54 Å². The Bertz CT molecular complexity index is 460. The van der Waals surface area contributed by atoms with Gasteiger partial charge in [0.2, 0.25) is 0 Å². The quantitative estimate of drug-likeness (QED) is 0.684. The monoisotopic (exact) mass is 291 g/mol. The van der Waals surface area contributed by atoms with Crippen LogP contribution in [0.25, 0.3) is 0 Å². The van der Waals surface area contributed by atoms with Gasteiger partial charge in [0.15, 0.2) is 5.69 Å². The number of urea groups is 1. The predicted molar refractivity (Wildman–Crippen MR) is 68.2 cm³/mol. The lowest BCUT2D eigenvalue weighted by molar-refractivity contribution is 0.0691. The van der Waals surface area contributed by atoms with Gasteiger partial charge in [-0.3, -0.25) is 4.21 Å². The number of thiazole rings is 1. The van der Waals surface area contributed by atoms with E-state index >= 15 is 0 Å². The average Bonchev–Trinajstić information content (AvgIpc) is 2.74. The van der Waals surface area contributed by atoms with E-state index < -0.39 is 22.8 Å². The number of carboxylic acids is 1.